The van der Waals surface area contributed by atoms with E-state index in [0.717, 1.165) is 0 Å². The van der Waals surface area contributed by atoms with Crippen LogP contribution in [0.4, 0.5) is 11.5 Å². The fourth-order valence-corrected chi connectivity index (χ4v) is 1.05. The molecule has 8 nitrogen and oxygen atoms in total. The Morgan fingerprint density at radius 1 is 1.87 bits per heavy atom. The Morgan fingerprint density at radius 3 is 3.00 bits per heavy atom. The zero-order chi connectivity index (χ0) is 11.4. The van der Waals surface area contributed by atoms with Crippen molar-refractivity contribution in [3.05, 3.63) is 16.3 Å². The van der Waals surface area contributed by atoms with Gasteiger partial charge in [0.2, 0.25) is 0 Å². The van der Waals surface area contributed by atoms with Crippen LogP contribution in [0.25, 0.3) is 0 Å². The first-order valence-electron chi connectivity index (χ1n) is 4.23. The summed E-state index contributed by atoms with van der Waals surface area (Å²) >= 11 is 0. The van der Waals surface area contributed by atoms with Gasteiger partial charge in [0.15, 0.2) is 5.69 Å². The van der Waals surface area contributed by atoms with Gasteiger partial charge in [-0.15, -0.1) is 5.10 Å². The van der Waals surface area contributed by atoms with Crippen molar-refractivity contribution in [3.63, 3.8) is 0 Å². The second-order valence-corrected chi connectivity index (χ2v) is 2.83. The van der Waals surface area contributed by atoms with Crippen molar-refractivity contribution in [2.75, 3.05) is 5.32 Å². The number of carboxylic acids is 1. The van der Waals surface area contributed by atoms with Crippen molar-refractivity contribution in [1.82, 2.24) is 10.2 Å². The SMILES string of the molecule is CCC(Nc1cn[nH]c1[N+](=O)[O-])C(=O)O. The average Bonchev–Trinajstić information content (AvgIpc) is 2.61. The van der Waals surface area contributed by atoms with Crippen molar-refractivity contribution in [2.24, 2.45) is 0 Å². The maximum Gasteiger partial charge on any atom is 0.366 e. The summed E-state index contributed by atoms with van der Waals surface area (Å²) in [6.07, 6.45) is 1.50. The number of nitrogens with zero attached hydrogens (tertiary/aromatic N) is 2. The molecule has 0 fully saturated rings. The number of hydrogen-bond acceptors (Lipinski definition) is 5. The molecule has 0 saturated heterocycles. The van der Waals surface area contributed by atoms with Crippen LogP contribution in [0.3, 0.4) is 0 Å². The topological polar surface area (TPSA) is 121 Å². The van der Waals surface area contributed by atoms with Crippen molar-refractivity contribution in [3.8, 4) is 0 Å². The van der Waals surface area contributed by atoms with E-state index in [4.69, 9.17) is 5.11 Å². The van der Waals surface area contributed by atoms with Gasteiger partial charge in [0, 0.05) is 0 Å². The van der Waals surface area contributed by atoms with Gasteiger partial charge < -0.3 is 20.5 Å². The maximum absolute atomic E-state index is 10.7. The Balaban J connectivity index is 2.83. The lowest BCUT2D eigenvalue weighted by molar-refractivity contribution is -0.388. The fraction of sp³-hybridized carbons (Fsp3) is 0.429. The molecule has 0 spiro atoms. The number of aromatic nitrogens is 2. The molecule has 0 amide bonds. The highest BCUT2D eigenvalue weighted by Gasteiger charge is 2.21. The summed E-state index contributed by atoms with van der Waals surface area (Å²) in [6.45, 7) is 1.66. The maximum atomic E-state index is 10.7. The first kappa shape index (κ1) is 11.0. The minimum absolute atomic E-state index is 0.0780. The summed E-state index contributed by atoms with van der Waals surface area (Å²) in [5, 5.41) is 27.4. The average molecular weight is 214 g/mol. The number of aliphatic carboxylic acids is 1. The van der Waals surface area contributed by atoms with E-state index in [1.165, 1.54) is 6.20 Å². The van der Waals surface area contributed by atoms with Crippen LogP contribution >= 0.6 is 0 Å². The molecule has 1 heterocycles. The first-order chi connectivity index (χ1) is 7.06. The Morgan fingerprint density at radius 2 is 2.53 bits per heavy atom. The molecule has 3 N–H and O–H groups in total. The van der Waals surface area contributed by atoms with Crippen molar-refractivity contribution >= 4 is 17.5 Å². The Hall–Kier alpha value is -2.12. The van der Waals surface area contributed by atoms with Gasteiger partial charge >= 0.3 is 11.8 Å². The minimum Gasteiger partial charge on any atom is -0.480 e. The molecule has 1 aromatic heterocycles. The smallest absolute Gasteiger partial charge is 0.366 e. The Bertz CT molecular complexity index is 375. The predicted octanol–water partition coefficient (Wildman–Crippen LogP) is 0.593. The van der Waals surface area contributed by atoms with Gasteiger partial charge in [-0.1, -0.05) is 12.0 Å². The third-order valence-electron chi connectivity index (χ3n) is 1.84. The van der Waals surface area contributed by atoms with Gasteiger partial charge in [-0.25, -0.2) is 4.79 Å². The molecular formula is C7H10N4O4. The van der Waals surface area contributed by atoms with Crippen LogP contribution in [-0.2, 0) is 4.79 Å². The molecule has 8 heteroatoms. The molecule has 82 valence electrons. The summed E-state index contributed by atoms with van der Waals surface area (Å²) in [7, 11) is 0. The van der Waals surface area contributed by atoms with Crippen LogP contribution in [-0.4, -0.2) is 32.2 Å². The highest BCUT2D eigenvalue weighted by Crippen LogP contribution is 2.21. The molecule has 0 aromatic carbocycles. The summed E-state index contributed by atoms with van der Waals surface area (Å²) < 4.78 is 0. The van der Waals surface area contributed by atoms with Crippen molar-refractivity contribution < 1.29 is 14.8 Å². The summed E-state index contributed by atoms with van der Waals surface area (Å²) in [5.74, 6) is -1.40. The van der Waals surface area contributed by atoms with E-state index in [0.29, 0.717) is 6.42 Å². The van der Waals surface area contributed by atoms with E-state index in [2.05, 4.69) is 15.5 Å². The molecule has 0 radical (unpaired) electrons. The molecule has 1 atom stereocenters. The lowest BCUT2D eigenvalue weighted by atomic mass is 10.2. The first-order valence-corrected chi connectivity index (χ1v) is 4.23. The number of H-pyrrole nitrogens is 1. The number of carboxylic acid groups (broad SMARTS) is 1. The van der Waals surface area contributed by atoms with Gasteiger partial charge in [0.05, 0.1) is 0 Å². The van der Waals surface area contributed by atoms with Crippen LogP contribution in [0.2, 0.25) is 0 Å². The number of aromatic amines is 1. The molecular weight excluding hydrogens is 204 g/mol. The summed E-state index contributed by atoms with van der Waals surface area (Å²) in [6, 6.07) is -0.860. The summed E-state index contributed by atoms with van der Waals surface area (Å²) in [4.78, 5) is 20.5. The quantitative estimate of drug-likeness (QED) is 0.487. The van der Waals surface area contributed by atoms with E-state index < -0.39 is 16.9 Å². The van der Waals surface area contributed by atoms with Crippen LogP contribution in [0.1, 0.15) is 13.3 Å². The van der Waals surface area contributed by atoms with E-state index in [1.54, 1.807) is 6.92 Å². The lowest BCUT2D eigenvalue weighted by Gasteiger charge is -2.10. The number of nitro groups is 1. The highest BCUT2D eigenvalue weighted by molar-refractivity contribution is 5.78. The van der Waals surface area contributed by atoms with Gasteiger partial charge in [-0.2, -0.15) is 0 Å². The molecule has 1 unspecified atom stereocenters. The molecule has 0 saturated carbocycles. The molecule has 1 rings (SSSR count). The number of rotatable bonds is 5. The molecule has 0 aliphatic rings. The van der Waals surface area contributed by atoms with E-state index in [-0.39, 0.29) is 11.5 Å². The number of carbonyl (C=O) groups is 1. The monoisotopic (exact) mass is 214 g/mol. The number of nitrogens with one attached hydrogen (secondary N) is 2. The number of hydrogen-bond donors (Lipinski definition) is 3. The molecule has 15 heavy (non-hydrogen) atoms. The third-order valence-corrected chi connectivity index (χ3v) is 1.84. The normalized spacial score (nSPS) is 12.1. The Labute approximate surface area is 84.4 Å². The standard InChI is InChI=1S/C7H10N4O4/c1-2-4(7(12)13)9-5-3-8-10-6(5)11(14)15/h3-4,9H,2H2,1H3,(H,8,10)(H,12,13). The van der Waals surface area contributed by atoms with Crippen molar-refractivity contribution in [1.29, 1.82) is 0 Å². The van der Waals surface area contributed by atoms with Gasteiger partial charge in [0.25, 0.3) is 0 Å². The van der Waals surface area contributed by atoms with E-state index >= 15 is 0 Å². The minimum atomic E-state index is -1.06. The highest BCUT2D eigenvalue weighted by atomic mass is 16.6. The number of anilines is 1. The molecule has 1 aromatic rings. The van der Waals surface area contributed by atoms with Gasteiger partial charge in [-0.3, -0.25) is 0 Å². The summed E-state index contributed by atoms with van der Waals surface area (Å²) in [5.41, 5.74) is 0.0780. The Kier molecular flexibility index (Phi) is 3.21. The fourth-order valence-electron chi connectivity index (χ4n) is 1.05. The molecule has 0 bridgehead atoms. The van der Waals surface area contributed by atoms with E-state index in [1.807, 2.05) is 0 Å². The second kappa shape index (κ2) is 4.40. The molecule has 0 aliphatic heterocycles. The zero-order valence-electron chi connectivity index (χ0n) is 7.93. The largest absolute Gasteiger partial charge is 0.480 e. The molecule has 0 aliphatic carbocycles. The van der Waals surface area contributed by atoms with Crippen molar-refractivity contribution in [2.45, 2.75) is 19.4 Å². The van der Waals surface area contributed by atoms with E-state index in [9.17, 15) is 14.9 Å². The second-order valence-electron chi connectivity index (χ2n) is 2.83. The van der Waals surface area contributed by atoms with Crippen LogP contribution in [0, 0.1) is 10.1 Å². The third kappa shape index (κ3) is 2.42. The van der Waals surface area contributed by atoms with Gasteiger partial charge in [0.1, 0.15) is 12.2 Å². The van der Waals surface area contributed by atoms with Crippen LogP contribution in [0.15, 0.2) is 6.20 Å². The lowest BCUT2D eigenvalue weighted by Crippen LogP contribution is -2.28. The van der Waals surface area contributed by atoms with Crippen LogP contribution < -0.4 is 5.32 Å². The predicted molar refractivity (Wildman–Crippen MR) is 50.6 cm³/mol. The van der Waals surface area contributed by atoms with Gasteiger partial charge in [-0.05, 0) is 11.3 Å². The zero-order valence-corrected chi connectivity index (χ0v) is 7.93. The van der Waals surface area contributed by atoms with Crippen LogP contribution in [0.5, 0.6) is 0 Å².